The minimum absolute atomic E-state index is 0.771. The number of benzene rings is 1. The molecular formula is C16H24BrClN2. The molecule has 0 aromatic heterocycles. The Morgan fingerprint density at radius 1 is 1.35 bits per heavy atom. The van der Waals surface area contributed by atoms with Crippen LogP contribution in [0.15, 0.2) is 22.7 Å². The second kappa shape index (κ2) is 8.38. The van der Waals surface area contributed by atoms with Gasteiger partial charge in [-0.2, -0.15) is 0 Å². The molecule has 2 rings (SSSR count). The summed E-state index contributed by atoms with van der Waals surface area (Å²) in [6, 6.07) is 6.10. The van der Waals surface area contributed by atoms with Crippen molar-refractivity contribution in [1.29, 1.82) is 0 Å². The van der Waals surface area contributed by atoms with Gasteiger partial charge in [0.05, 0.1) is 5.02 Å². The molecular weight excluding hydrogens is 336 g/mol. The largest absolute Gasteiger partial charge is 0.313 e. The van der Waals surface area contributed by atoms with Crippen LogP contribution in [-0.2, 0) is 6.54 Å². The average molecular weight is 360 g/mol. The van der Waals surface area contributed by atoms with Crippen molar-refractivity contribution in [2.24, 2.45) is 5.92 Å². The van der Waals surface area contributed by atoms with Crippen LogP contribution >= 0.6 is 27.5 Å². The molecule has 1 saturated heterocycles. The van der Waals surface area contributed by atoms with E-state index in [4.69, 9.17) is 11.6 Å². The van der Waals surface area contributed by atoms with Gasteiger partial charge >= 0.3 is 0 Å². The molecule has 1 aromatic rings. The van der Waals surface area contributed by atoms with E-state index in [1.807, 2.05) is 6.07 Å². The fourth-order valence-electron chi connectivity index (χ4n) is 2.60. The van der Waals surface area contributed by atoms with Gasteiger partial charge in [-0.1, -0.05) is 24.6 Å². The van der Waals surface area contributed by atoms with Gasteiger partial charge in [0.2, 0.25) is 0 Å². The fourth-order valence-corrected chi connectivity index (χ4v) is 3.14. The van der Waals surface area contributed by atoms with Gasteiger partial charge in [0.25, 0.3) is 0 Å². The molecule has 1 N–H and O–H groups in total. The number of hydrogen-bond acceptors (Lipinski definition) is 2. The number of nitrogens with one attached hydrogen (secondary N) is 1. The molecule has 112 valence electrons. The van der Waals surface area contributed by atoms with Crippen molar-refractivity contribution in [2.45, 2.75) is 32.7 Å². The number of likely N-dealkylation sites (tertiary alicyclic amines) is 1. The van der Waals surface area contributed by atoms with E-state index in [1.54, 1.807) is 0 Å². The number of halogens is 2. The predicted octanol–water partition coefficient (Wildman–Crippen LogP) is 4.31. The molecule has 0 saturated carbocycles. The highest BCUT2D eigenvalue weighted by Gasteiger charge is 2.14. The maximum Gasteiger partial charge on any atom is 0.0548 e. The molecule has 0 atom stereocenters. The SMILES string of the molecule is CC1CCN(CCCNCc2ccc(Cl)c(Br)c2)CC1. The first kappa shape index (κ1) is 16.3. The third-order valence-electron chi connectivity index (χ3n) is 4.02. The summed E-state index contributed by atoms with van der Waals surface area (Å²) in [5.41, 5.74) is 1.27. The van der Waals surface area contributed by atoms with Crippen molar-refractivity contribution < 1.29 is 0 Å². The molecule has 20 heavy (non-hydrogen) atoms. The highest BCUT2D eigenvalue weighted by atomic mass is 79.9. The number of rotatable bonds is 6. The highest BCUT2D eigenvalue weighted by Crippen LogP contribution is 2.23. The lowest BCUT2D eigenvalue weighted by Gasteiger charge is -2.30. The monoisotopic (exact) mass is 358 g/mol. The van der Waals surface area contributed by atoms with E-state index >= 15 is 0 Å². The third-order valence-corrected chi connectivity index (χ3v) is 5.23. The number of hydrogen-bond donors (Lipinski definition) is 1. The normalized spacial score (nSPS) is 17.6. The summed E-state index contributed by atoms with van der Waals surface area (Å²) in [5.74, 6) is 0.924. The van der Waals surface area contributed by atoms with Gasteiger partial charge < -0.3 is 10.2 Å². The molecule has 1 heterocycles. The molecule has 0 bridgehead atoms. The van der Waals surface area contributed by atoms with Crippen LogP contribution in [0.3, 0.4) is 0 Å². The van der Waals surface area contributed by atoms with Gasteiger partial charge in [0.15, 0.2) is 0 Å². The first-order chi connectivity index (χ1) is 9.65. The van der Waals surface area contributed by atoms with Gasteiger partial charge in [0, 0.05) is 11.0 Å². The van der Waals surface area contributed by atoms with Gasteiger partial charge in [-0.05, 0) is 85.0 Å². The Labute approximate surface area is 136 Å². The Balaban J connectivity index is 1.58. The van der Waals surface area contributed by atoms with Gasteiger partial charge in [-0.25, -0.2) is 0 Å². The molecule has 1 aromatic carbocycles. The number of piperidine rings is 1. The lowest BCUT2D eigenvalue weighted by molar-refractivity contribution is 0.190. The molecule has 0 spiro atoms. The van der Waals surface area contributed by atoms with Crippen molar-refractivity contribution in [3.05, 3.63) is 33.3 Å². The van der Waals surface area contributed by atoms with E-state index in [2.05, 4.69) is 45.2 Å². The van der Waals surface area contributed by atoms with Crippen LogP contribution in [0.5, 0.6) is 0 Å². The summed E-state index contributed by atoms with van der Waals surface area (Å²) in [6.07, 6.45) is 3.96. The van der Waals surface area contributed by atoms with E-state index in [1.165, 1.54) is 44.5 Å². The van der Waals surface area contributed by atoms with E-state index < -0.39 is 0 Å². The summed E-state index contributed by atoms with van der Waals surface area (Å²) in [5, 5.41) is 4.28. The van der Waals surface area contributed by atoms with E-state index in [9.17, 15) is 0 Å². The summed E-state index contributed by atoms with van der Waals surface area (Å²) in [6.45, 7) is 8.14. The third kappa shape index (κ3) is 5.36. The van der Waals surface area contributed by atoms with Gasteiger partial charge in [-0.3, -0.25) is 0 Å². The summed E-state index contributed by atoms with van der Waals surface area (Å²) < 4.78 is 0.973. The second-order valence-electron chi connectivity index (χ2n) is 5.80. The zero-order valence-electron chi connectivity index (χ0n) is 12.2. The Kier molecular flexibility index (Phi) is 6.82. The minimum atomic E-state index is 0.771. The predicted molar refractivity (Wildman–Crippen MR) is 90.3 cm³/mol. The average Bonchev–Trinajstić information content (AvgIpc) is 2.44. The van der Waals surface area contributed by atoms with Crippen molar-refractivity contribution in [1.82, 2.24) is 10.2 Å². The van der Waals surface area contributed by atoms with Gasteiger partial charge in [0.1, 0.15) is 0 Å². The molecule has 0 aliphatic carbocycles. The lowest BCUT2D eigenvalue weighted by Crippen LogP contribution is -2.34. The van der Waals surface area contributed by atoms with Crippen molar-refractivity contribution >= 4 is 27.5 Å². The van der Waals surface area contributed by atoms with E-state index in [0.29, 0.717) is 0 Å². The number of nitrogens with zero attached hydrogens (tertiary/aromatic N) is 1. The quantitative estimate of drug-likeness (QED) is 0.761. The molecule has 0 radical (unpaired) electrons. The Morgan fingerprint density at radius 2 is 2.10 bits per heavy atom. The molecule has 0 unspecified atom stereocenters. The first-order valence-electron chi connectivity index (χ1n) is 7.52. The highest BCUT2D eigenvalue weighted by molar-refractivity contribution is 9.10. The lowest BCUT2D eigenvalue weighted by atomic mass is 9.99. The summed E-state index contributed by atoms with van der Waals surface area (Å²) in [4.78, 5) is 2.60. The second-order valence-corrected chi connectivity index (χ2v) is 7.06. The maximum atomic E-state index is 5.99. The van der Waals surface area contributed by atoms with Crippen molar-refractivity contribution in [2.75, 3.05) is 26.2 Å². The maximum absolute atomic E-state index is 5.99. The molecule has 1 aliphatic rings. The van der Waals surface area contributed by atoms with Crippen LogP contribution < -0.4 is 5.32 Å². The standard InChI is InChI=1S/C16H24BrClN2/c1-13-5-9-20(10-6-13)8-2-7-19-12-14-3-4-16(18)15(17)11-14/h3-4,11,13,19H,2,5-10,12H2,1H3. The van der Waals surface area contributed by atoms with E-state index in [0.717, 1.165) is 28.5 Å². The van der Waals surface area contributed by atoms with E-state index in [-0.39, 0.29) is 0 Å². The van der Waals surface area contributed by atoms with Crippen LogP contribution in [0.1, 0.15) is 31.7 Å². The molecule has 1 aliphatic heterocycles. The van der Waals surface area contributed by atoms with Crippen LogP contribution in [-0.4, -0.2) is 31.1 Å². The van der Waals surface area contributed by atoms with Gasteiger partial charge in [-0.15, -0.1) is 0 Å². The summed E-state index contributed by atoms with van der Waals surface area (Å²) in [7, 11) is 0. The van der Waals surface area contributed by atoms with Crippen LogP contribution in [0.2, 0.25) is 5.02 Å². The first-order valence-corrected chi connectivity index (χ1v) is 8.69. The topological polar surface area (TPSA) is 15.3 Å². The smallest absolute Gasteiger partial charge is 0.0548 e. The Hall–Kier alpha value is -0.0900. The fraction of sp³-hybridized carbons (Fsp3) is 0.625. The molecule has 1 fully saturated rings. The Bertz CT molecular complexity index is 417. The Morgan fingerprint density at radius 3 is 2.80 bits per heavy atom. The zero-order chi connectivity index (χ0) is 14.4. The summed E-state index contributed by atoms with van der Waals surface area (Å²) >= 11 is 9.45. The van der Waals surface area contributed by atoms with Crippen molar-refractivity contribution in [3.63, 3.8) is 0 Å². The van der Waals surface area contributed by atoms with Crippen LogP contribution in [0, 0.1) is 5.92 Å². The van der Waals surface area contributed by atoms with Crippen LogP contribution in [0.4, 0.5) is 0 Å². The molecule has 0 amide bonds. The minimum Gasteiger partial charge on any atom is -0.313 e. The van der Waals surface area contributed by atoms with Crippen LogP contribution in [0.25, 0.3) is 0 Å². The molecule has 2 nitrogen and oxygen atoms in total. The zero-order valence-corrected chi connectivity index (χ0v) is 14.5. The van der Waals surface area contributed by atoms with Crippen molar-refractivity contribution in [3.8, 4) is 0 Å². The molecule has 4 heteroatoms.